The third-order valence-electron chi connectivity index (χ3n) is 3.92. The molecule has 0 saturated carbocycles. The first kappa shape index (κ1) is 14.0. The van der Waals surface area contributed by atoms with Gasteiger partial charge in [-0.3, -0.25) is 4.79 Å². The van der Waals surface area contributed by atoms with Gasteiger partial charge >= 0.3 is 0 Å². The highest BCUT2D eigenvalue weighted by molar-refractivity contribution is 5.98. The van der Waals surface area contributed by atoms with Gasteiger partial charge in [-0.1, -0.05) is 18.2 Å². The number of aliphatic hydroxyl groups excluding tert-OH is 1. The highest BCUT2D eigenvalue weighted by atomic mass is 16.5. The number of ether oxygens (including phenoxy) is 2. The lowest BCUT2D eigenvalue weighted by molar-refractivity contribution is -0.153. The second-order valence-corrected chi connectivity index (χ2v) is 5.72. The standard InChI is InChI=1S/C17H18O4/c1-12(19)13-2-3-15-7-16(5-4-14(15)6-13)21-11-17(8-18)9-20-10-17/h2-7,18H,8-11H2,1H3. The van der Waals surface area contributed by atoms with Crippen LogP contribution in [-0.2, 0) is 4.74 Å². The number of ketones is 1. The largest absolute Gasteiger partial charge is 0.493 e. The van der Waals surface area contributed by atoms with Gasteiger partial charge in [0.25, 0.3) is 0 Å². The Labute approximate surface area is 123 Å². The number of Topliss-reactive ketones (excluding diaryl/α,β-unsaturated/α-hetero) is 1. The fourth-order valence-corrected chi connectivity index (χ4v) is 2.38. The molecule has 21 heavy (non-hydrogen) atoms. The molecule has 1 aliphatic rings. The molecule has 1 heterocycles. The average Bonchev–Trinajstić information content (AvgIpc) is 2.46. The van der Waals surface area contributed by atoms with Crippen LogP contribution in [0, 0.1) is 5.41 Å². The van der Waals surface area contributed by atoms with E-state index in [9.17, 15) is 9.90 Å². The van der Waals surface area contributed by atoms with Crippen molar-refractivity contribution in [1.29, 1.82) is 0 Å². The van der Waals surface area contributed by atoms with Gasteiger partial charge in [-0.15, -0.1) is 0 Å². The van der Waals surface area contributed by atoms with Gasteiger partial charge in [0.15, 0.2) is 5.78 Å². The van der Waals surface area contributed by atoms with Gasteiger partial charge in [0, 0.05) is 5.56 Å². The Kier molecular flexibility index (Phi) is 3.66. The van der Waals surface area contributed by atoms with Crippen LogP contribution in [0.5, 0.6) is 5.75 Å². The zero-order chi connectivity index (χ0) is 14.9. The van der Waals surface area contributed by atoms with Gasteiger partial charge in [-0.2, -0.15) is 0 Å². The Morgan fingerprint density at radius 1 is 1.24 bits per heavy atom. The maximum atomic E-state index is 11.4. The van der Waals surface area contributed by atoms with Crippen LogP contribution in [0.1, 0.15) is 17.3 Å². The van der Waals surface area contributed by atoms with Crippen molar-refractivity contribution in [3.63, 3.8) is 0 Å². The molecule has 1 fully saturated rings. The molecule has 4 nitrogen and oxygen atoms in total. The number of fused-ring (bicyclic) bond motifs is 1. The van der Waals surface area contributed by atoms with Crippen molar-refractivity contribution in [1.82, 2.24) is 0 Å². The quantitative estimate of drug-likeness (QED) is 0.858. The van der Waals surface area contributed by atoms with E-state index in [0.717, 1.165) is 16.5 Å². The summed E-state index contributed by atoms with van der Waals surface area (Å²) in [6.07, 6.45) is 0. The predicted molar refractivity (Wildman–Crippen MR) is 79.8 cm³/mol. The molecule has 1 saturated heterocycles. The van der Waals surface area contributed by atoms with Crippen molar-refractivity contribution < 1.29 is 19.4 Å². The van der Waals surface area contributed by atoms with Crippen LogP contribution in [0.2, 0.25) is 0 Å². The summed E-state index contributed by atoms with van der Waals surface area (Å²) in [4.78, 5) is 11.4. The summed E-state index contributed by atoms with van der Waals surface area (Å²) < 4.78 is 10.9. The summed E-state index contributed by atoms with van der Waals surface area (Å²) in [5, 5.41) is 11.4. The molecule has 0 spiro atoms. The number of carbonyl (C=O) groups excluding carboxylic acids is 1. The van der Waals surface area contributed by atoms with Crippen molar-refractivity contribution in [2.24, 2.45) is 5.41 Å². The minimum atomic E-state index is -0.257. The van der Waals surface area contributed by atoms with E-state index in [-0.39, 0.29) is 17.8 Å². The number of aliphatic hydroxyl groups is 1. The molecule has 0 aliphatic carbocycles. The number of benzene rings is 2. The summed E-state index contributed by atoms with van der Waals surface area (Å²) in [5.74, 6) is 0.824. The minimum absolute atomic E-state index is 0.0621. The Hall–Kier alpha value is -1.91. The Bertz CT molecular complexity index is 668. The minimum Gasteiger partial charge on any atom is -0.493 e. The van der Waals surface area contributed by atoms with Gasteiger partial charge in [-0.05, 0) is 35.9 Å². The first-order valence-corrected chi connectivity index (χ1v) is 6.98. The summed E-state index contributed by atoms with van der Waals surface area (Å²) in [6.45, 7) is 3.16. The summed E-state index contributed by atoms with van der Waals surface area (Å²) in [6, 6.07) is 11.4. The molecule has 110 valence electrons. The monoisotopic (exact) mass is 286 g/mol. The van der Waals surface area contributed by atoms with Crippen LogP contribution >= 0.6 is 0 Å². The number of hydrogen-bond donors (Lipinski definition) is 1. The Morgan fingerprint density at radius 3 is 2.57 bits per heavy atom. The molecule has 0 bridgehead atoms. The average molecular weight is 286 g/mol. The van der Waals surface area contributed by atoms with Crippen LogP contribution in [0.4, 0.5) is 0 Å². The normalized spacial score (nSPS) is 16.5. The van der Waals surface area contributed by atoms with E-state index < -0.39 is 0 Å². The third kappa shape index (κ3) is 2.77. The Balaban J connectivity index is 1.78. The topological polar surface area (TPSA) is 55.8 Å². The van der Waals surface area contributed by atoms with Crippen molar-refractivity contribution in [3.05, 3.63) is 42.0 Å². The number of rotatable bonds is 5. The number of hydrogen-bond acceptors (Lipinski definition) is 4. The van der Waals surface area contributed by atoms with E-state index in [1.54, 1.807) is 6.92 Å². The molecular weight excluding hydrogens is 268 g/mol. The van der Waals surface area contributed by atoms with Crippen LogP contribution in [0.25, 0.3) is 10.8 Å². The smallest absolute Gasteiger partial charge is 0.159 e. The first-order valence-electron chi connectivity index (χ1n) is 6.98. The molecule has 4 heteroatoms. The van der Waals surface area contributed by atoms with Gasteiger partial charge in [-0.25, -0.2) is 0 Å². The van der Waals surface area contributed by atoms with Crippen LogP contribution in [0.3, 0.4) is 0 Å². The number of carbonyl (C=O) groups is 1. The molecule has 0 radical (unpaired) electrons. The predicted octanol–water partition coefficient (Wildman–Crippen LogP) is 2.43. The molecule has 3 rings (SSSR count). The third-order valence-corrected chi connectivity index (χ3v) is 3.92. The van der Waals surface area contributed by atoms with Crippen LogP contribution < -0.4 is 4.74 Å². The van der Waals surface area contributed by atoms with Crippen LogP contribution in [-0.4, -0.2) is 37.3 Å². The van der Waals surface area contributed by atoms with E-state index in [1.807, 2.05) is 36.4 Å². The van der Waals surface area contributed by atoms with E-state index in [2.05, 4.69) is 0 Å². The van der Waals surface area contributed by atoms with E-state index in [1.165, 1.54) is 0 Å². The van der Waals surface area contributed by atoms with Crippen molar-refractivity contribution in [2.75, 3.05) is 26.4 Å². The fourth-order valence-electron chi connectivity index (χ4n) is 2.38. The SMILES string of the molecule is CC(=O)c1ccc2cc(OCC3(CO)COC3)ccc2c1. The second-order valence-electron chi connectivity index (χ2n) is 5.72. The summed E-state index contributed by atoms with van der Waals surface area (Å²) in [5.41, 5.74) is 0.454. The second kappa shape index (κ2) is 5.47. The van der Waals surface area contributed by atoms with Gasteiger partial charge < -0.3 is 14.6 Å². The van der Waals surface area contributed by atoms with Crippen LogP contribution in [0.15, 0.2) is 36.4 Å². The van der Waals surface area contributed by atoms with E-state index in [0.29, 0.717) is 25.4 Å². The molecule has 1 aliphatic heterocycles. The Morgan fingerprint density at radius 2 is 1.95 bits per heavy atom. The molecule has 2 aromatic carbocycles. The summed E-state index contributed by atoms with van der Waals surface area (Å²) in [7, 11) is 0. The van der Waals surface area contributed by atoms with Gasteiger partial charge in [0.05, 0.1) is 25.2 Å². The lowest BCUT2D eigenvalue weighted by Crippen LogP contribution is -2.49. The summed E-state index contributed by atoms with van der Waals surface area (Å²) >= 11 is 0. The molecular formula is C17H18O4. The zero-order valence-electron chi connectivity index (χ0n) is 12.0. The van der Waals surface area contributed by atoms with Crippen molar-refractivity contribution in [3.8, 4) is 5.75 Å². The molecule has 0 aromatic heterocycles. The maximum Gasteiger partial charge on any atom is 0.159 e. The lowest BCUT2D eigenvalue weighted by Gasteiger charge is -2.39. The van der Waals surface area contributed by atoms with Gasteiger partial charge in [0.1, 0.15) is 12.4 Å². The molecule has 0 amide bonds. The van der Waals surface area contributed by atoms with E-state index in [4.69, 9.17) is 9.47 Å². The fraction of sp³-hybridized carbons (Fsp3) is 0.353. The zero-order valence-corrected chi connectivity index (χ0v) is 12.0. The molecule has 0 atom stereocenters. The maximum absolute atomic E-state index is 11.4. The van der Waals surface area contributed by atoms with E-state index >= 15 is 0 Å². The van der Waals surface area contributed by atoms with Gasteiger partial charge in [0.2, 0.25) is 0 Å². The van der Waals surface area contributed by atoms with Crippen molar-refractivity contribution in [2.45, 2.75) is 6.92 Å². The highest BCUT2D eigenvalue weighted by Crippen LogP contribution is 2.29. The van der Waals surface area contributed by atoms with Crippen molar-refractivity contribution >= 4 is 16.6 Å². The molecule has 2 aromatic rings. The molecule has 0 unspecified atom stereocenters. The lowest BCUT2D eigenvalue weighted by atomic mass is 9.88. The first-order chi connectivity index (χ1) is 10.1. The molecule has 1 N–H and O–H groups in total. The highest BCUT2D eigenvalue weighted by Gasteiger charge is 2.39.